The Labute approximate surface area is 201 Å². The molecule has 0 bridgehead atoms. The van der Waals surface area contributed by atoms with Crippen LogP contribution in [0.3, 0.4) is 0 Å². The van der Waals surface area contributed by atoms with Crippen molar-refractivity contribution in [3.8, 4) is 22.9 Å². The lowest BCUT2D eigenvalue weighted by Gasteiger charge is -2.17. The Morgan fingerprint density at radius 2 is 1.69 bits per heavy atom. The zero-order valence-corrected chi connectivity index (χ0v) is 18.7. The van der Waals surface area contributed by atoms with Gasteiger partial charge in [0.15, 0.2) is 0 Å². The molecule has 0 radical (unpaired) electrons. The SMILES string of the molecule is CNc1nccc(-c2cccnc2Oc2ccc(NC(=O)C(NC(=O)O)c3ccccc3)cc2)n1. The Balaban J connectivity index is 1.49. The Hall–Kier alpha value is -4.99. The van der Waals surface area contributed by atoms with Gasteiger partial charge in [-0.3, -0.25) is 4.79 Å². The summed E-state index contributed by atoms with van der Waals surface area (Å²) in [6, 6.07) is 19.6. The Bertz CT molecular complexity index is 1320. The van der Waals surface area contributed by atoms with Gasteiger partial charge in [-0.2, -0.15) is 0 Å². The quantitative estimate of drug-likeness (QED) is 0.299. The number of ether oxygens (including phenoxy) is 1. The van der Waals surface area contributed by atoms with E-state index in [1.807, 2.05) is 6.07 Å². The van der Waals surface area contributed by atoms with Crippen molar-refractivity contribution < 1.29 is 19.4 Å². The highest BCUT2D eigenvalue weighted by Crippen LogP contribution is 2.31. The fraction of sp³-hybridized carbons (Fsp3) is 0.0800. The second-order valence-electron chi connectivity index (χ2n) is 7.28. The maximum absolute atomic E-state index is 12.8. The molecule has 0 aliphatic carbocycles. The number of anilines is 2. The molecule has 0 fully saturated rings. The molecule has 10 heteroatoms. The molecule has 0 saturated heterocycles. The van der Waals surface area contributed by atoms with Crippen LogP contribution in [0.1, 0.15) is 11.6 Å². The van der Waals surface area contributed by atoms with Crippen LogP contribution in [0.4, 0.5) is 16.4 Å². The van der Waals surface area contributed by atoms with E-state index in [4.69, 9.17) is 9.84 Å². The summed E-state index contributed by atoms with van der Waals surface area (Å²) in [5, 5.41) is 17.0. The number of hydrogen-bond donors (Lipinski definition) is 4. The number of aromatic nitrogens is 3. The fourth-order valence-corrected chi connectivity index (χ4v) is 3.30. The monoisotopic (exact) mass is 470 g/mol. The normalized spacial score (nSPS) is 11.2. The number of rotatable bonds is 8. The predicted molar refractivity (Wildman–Crippen MR) is 130 cm³/mol. The van der Waals surface area contributed by atoms with Crippen molar-refractivity contribution in [2.24, 2.45) is 0 Å². The van der Waals surface area contributed by atoms with Gasteiger partial charge < -0.3 is 25.8 Å². The molecule has 10 nitrogen and oxygen atoms in total. The minimum absolute atomic E-state index is 0.361. The average Bonchev–Trinajstić information content (AvgIpc) is 2.89. The molecule has 2 aromatic carbocycles. The largest absolute Gasteiger partial charge is 0.465 e. The van der Waals surface area contributed by atoms with E-state index in [1.165, 1.54) is 0 Å². The minimum Gasteiger partial charge on any atom is -0.465 e. The van der Waals surface area contributed by atoms with Crippen LogP contribution in [0.25, 0.3) is 11.3 Å². The van der Waals surface area contributed by atoms with Gasteiger partial charge in [0.2, 0.25) is 11.8 Å². The first-order chi connectivity index (χ1) is 17.0. The topological polar surface area (TPSA) is 138 Å². The maximum Gasteiger partial charge on any atom is 0.405 e. The summed E-state index contributed by atoms with van der Waals surface area (Å²) >= 11 is 0. The van der Waals surface area contributed by atoms with Crippen LogP contribution in [-0.4, -0.2) is 39.1 Å². The number of carboxylic acid groups (broad SMARTS) is 1. The molecule has 0 aliphatic heterocycles. The Morgan fingerprint density at radius 3 is 2.40 bits per heavy atom. The van der Waals surface area contributed by atoms with Crippen molar-refractivity contribution >= 4 is 23.6 Å². The summed E-state index contributed by atoms with van der Waals surface area (Å²) in [6.45, 7) is 0. The van der Waals surface area contributed by atoms with Crippen molar-refractivity contribution in [2.45, 2.75) is 6.04 Å². The van der Waals surface area contributed by atoms with Gasteiger partial charge in [0.25, 0.3) is 5.91 Å². The van der Waals surface area contributed by atoms with Crippen LogP contribution in [0.15, 0.2) is 85.2 Å². The molecule has 1 unspecified atom stereocenters. The van der Waals surface area contributed by atoms with Crippen molar-refractivity contribution in [1.29, 1.82) is 0 Å². The van der Waals surface area contributed by atoms with Crippen molar-refractivity contribution in [3.05, 3.63) is 90.8 Å². The molecule has 0 aliphatic rings. The summed E-state index contributed by atoms with van der Waals surface area (Å²) in [4.78, 5) is 36.9. The van der Waals surface area contributed by atoms with Gasteiger partial charge >= 0.3 is 6.09 Å². The van der Waals surface area contributed by atoms with Gasteiger partial charge in [-0.05, 0) is 48.0 Å². The van der Waals surface area contributed by atoms with E-state index in [0.717, 1.165) is 0 Å². The second-order valence-corrected chi connectivity index (χ2v) is 7.28. The molecule has 2 aromatic heterocycles. The average molecular weight is 470 g/mol. The van der Waals surface area contributed by atoms with E-state index in [-0.39, 0.29) is 0 Å². The third-order valence-corrected chi connectivity index (χ3v) is 4.93. The highest BCUT2D eigenvalue weighted by molar-refractivity contribution is 5.97. The van der Waals surface area contributed by atoms with E-state index in [2.05, 4.69) is 30.9 Å². The third-order valence-electron chi connectivity index (χ3n) is 4.93. The molecule has 4 N–H and O–H groups in total. The summed E-state index contributed by atoms with van der Waals surface area (Å²) in [5.41, 5.74) is 2.34. The molecular weight excluding hydrogens is 448 g/mol. The number of amides is 2. The van der Waals surface area contributed by atoms with Crippen LogP contribution in [0.2, 0.25) is 0 Å². The van der Waals surface area contributed by atoms with Crippen molar-refractivity contribution in [2.75, 3.05) is 17.7 Å². The summed E-state index contributed by atoms with van der Waals surface area (Å²) in [5.74, 6) is 0.820. The van der Waals surface area contributed by atoms with Crippen LogP contribution in [-0.2, 0) is 4.79 Å². The molecule has 4 aromatic rings. The van der Waals surface area contributed by atoms with Crippen LogP contribution in [0, 0.1) is 0 Å². The summed E-state index contributed by atoms with van der Waals surface area (Å²) in [6.07, 6.45) is 1.96. The zero-order chi connectivity index (χ0) is 24.6. The molecule has 2 heterocycles. The highest BCUT2D eigenvalue weighted by atomic mass is 16.5. The number of pyridine rings is 1. The first-order valence-corrected chi connectivity index (χ1v) is 10.6. The number of benzene rings is 2. The lowest BCUT2D eigenvalue weighted by Crippen LogP contribution is -2.36. The fourth-order valence-electron chi connectivity index (χ4n) is 3.30. The standard InChI is InChI=1S/C25H22N6O4/c1-26-24-28-15-13-20(30-24)19-8-5-14-27-23(19)35-18-11-9-17(10-12-18)29-22(32)21(31-25(33)34)16-6-3-2-4-7-16/h2-15,21,31H,1H3,(H,29,32)(H,33,34)(H,26,28,30). The van der Waals surface area contributed by atoms with E-state index in [9.17, 15) is 9.59 Å². The third kappa shape index (κ3) is 5.88. The predicted octanol–water partition coefficient (Wildman–Crippen LogP) is 4.32. The molecule has 2 amide bonds. The van der Waals surface area contributed by atoms with E-state index >= 15 is 0 Å². The number of carbonyl (C=O) groups excluding carboxylic acids is 1. The van der Waals surface area contributed by atoms with Crippen LogP contribution >= 0.6 is 0 Å². The second kappa shape index (κ2) is 10.8. The minimum atomic E-state index is -1.30. The summed E-state index contributed by atoms with van der Waals surface area (Å²) < 4.78 is 5.97. The lowest BCUT2D eigenvalue weighted by atomic mass is 10.1. The number of nitrogens with one attached hydrogen (secondary N) is 3. The number of nitrogens with zero attached hydrogens (tertiary/aromatic N) is 3. The molecule has 0 saturated carbocycles. The van der Waals surface area contributed by atoms with Gasteiger partial charge in [0, 0.05) is 25.1 Å². The van der Waals surface area contributed by atoms with Crippen LogP contribution < -0.4 is 20.7 Å². The highest BCUT2D eigenvalue weighted by Gasteiger charge is 2.22. The molecular formula is C25H22N6O4. The van der Waals surface area contributed by atoms with E-state index < -0.39 is 18.0 Å². The zero-order valence-electron chi connectivity index (χ0n) is 18.7. The summed E-state index contributed by atoms with van der Waals surface area (Å²) in [7, 11) is 1.74. The number of hydrogen-bond acceptors (Lipinski definition) is 7. The van der Waals surface area contributed by atoms with E-state index in [0.29, 0.717) is 40.1 Å². The Kier molecular flexibility index (Phi) is 7.12. The van der Waals surface area contributed by atoms with Crippen molar-refractivity contribution in [1.82, 2.24) is 20.3 Å². The molecule has 4 rings (SSSR count). The van der Waals surface area contributed by atoms with Gasteiger partial charge in [-0.15, -0.1) is 0 Å². The molecule has 0 spiro atoms. The maximum atomic E-state index is 12.8. The molecule has 1 atom stereocenters. The lowest BCUT2D eigenvalue weighted by molar-refractivity contribution is -0.118. The molecule has 35 heavy (non-hydrogen) atoms. The molecule has 176 valence electrons. The van der Waals surface area contributed by atoms with Crippen LogP contribution in [0.5, 0.6) is 11.6 Å². The van der Waals surface area contributed by atoms with Crippen molar-refractivity contribution in [3.63, 3.8) is 0 Å². The first-order valence-electron chi connectivity index (χ1n) is 10.6. The Morgan fingerprint density at radius 1 is 0.914 bits per heavy atom. The van der Waals surface area contributed by atoms with Gasteiger partial charge in [-0.1, -0.05) is 30.3 Å². The van der Waals surface area contributed by atoms with Gasteiger partial charge in [-0.25, -0.2) is 19.7 Å². The number of carbonyl (C=O) groups is 2. The van der Waals surface area contributed by atoms with Gasteiger partial charge in [0.1, 0.15) is 11.8 Å². The van der Waals surface area contributed by atoms with Gasteiger partial charge in [0.05, 0.1) is 11.3 Å². The van der Waals surface area contributed by atoms with E-state index in [1.54, 1.807) is 86.2 Å². The first kappa shape index (κ1) is 23.2. The smallest absolute Gasteiger partial charge is 0.405 e.